The number of carbonyl (C=O) groups excluding carboxylic acids is 1. The minimum absolute atomic E-state index is 0.0417. The van der Waals surface area contributed by atoms with E-state index in [9.17, 15) is 4.79 Å². The maximum absolute atomic E-state index is 13.3. The fourth-order valence-corrected chi connectivity index (χ4v) is 5.41. The van der Waals surface area contributed by atoms with Gasteiger partial charge in [0.1, 0.15) is 12.2 Å². The minimum Gasteiger partial charge on any atom is -0.341 e. The third kappa shape index (κ3) is 4.62. The molecule has 1 aromatic carbocycles. The van der Waals surface area contributed by atoms with Crippen molar-refractivity contribution in [2.75, 3.05) is 27.2 Å². The van der Waals surface area contributed by atoms with E-state index in [0.29, 0.717) is 22.4 Å². The van der Waals surface area contributed by atoms with E-state index in [0.717, 1.165) is 42.6 Å². The molecule has 2 unspecified atom stereocenters. The number of aromatic nitrogens is 4. The van der Waals surface area contributed by atoms with Crippen LogP contribution in [0, 0.1) is 5.92 Å². The fourth-order valence-electron chi connectivity index (χ4n) is 5.09. The monoisotopic (exact) mass is 490 g/mol. The predicted octanol–water partition coefficient (Wildman–Crippen LogP) is 4.55. The van der Waals surface area contributed by atoms with Gasteiger partial charge in [-0.15, -0.1) is 10.2 Å². The zero-order chi connectivity index (χ0) is 24.5. The average molecular weight is 491 g/mol. The zero-order valence-corrected chi connectivity index (χ0v) is 21.2. The van der Waals surface area contributed by atoms with Crippen LogP contribution in [0.25, 0.3) is 22.3 Å². The number of nitrogens with zero attached hydrogens (tertiary/aromatic N) is 6. The highest BCUT2D eigenvalue weighted by atomic mass is 35.5. The molecule has 3 heterocycles. The largest absolute Gasteiger partial charge is 0.341 e. The van der Waals surface area contributed by atoms with Crippen LogP contribution in [0.1, 0.15) is 31.4 Å². The zero-order valence-electron chi connectivity index (χ0n) is 20.4. The van der Waals surface area contributed by atoms with Gasteiger partial charge in [-0.1, -0.05) is 73.2 Å². The lowest BCUT2D eigenvalue weighted by molar-refractivity contribution is -0.133. The van der Waals surface area contributed by atoms with E-state index >= 15 is 0 Å². The van der Waals surface area contributed by atoms with E-state index in [-0.39, 0.29) is 24.3 Å². The Morgan fingerprint density at radius 3 is 2.49 bits per heavy atom. The maximum atomic E-state index is 13.3. The molecule has 0 spiro atoms. The summed E-state index contributed by atoms with van der Waals surface area (Å²) in [4.78, 5) is 17.4. The molecule has 182 valence electrons. The Balaban J connectivity index is 1.52. The molecule has 3 aromatic rings. The second-order valence-corrected chi connectivity index (χ2v) is 10.1. The lowest BCUT2D eigenvalue weighted by Crippen LogP contribution is -2.45. The van der Waals surface area contributed by atoms with Gasteiger partial charge < -0.3 is 9.80 Å². The number of amides is 1. The molecule has 0 bridgehead atoms. The van der Waals surface area contributed by atoms with Crippen molar-refractivity contribution in [3.8, 4) is 11.3 Å². The number of rotatable bonds is 5. The highest BCUT2D eigenvalue weighted by Gasteiger charge is 2.29. The minimum atomic E-state index is 0.0417. The number of allylic oxidation sites excluding steroid dienone is 4. The summed E-state index contributed by atoms with van der Waals surface area (Å²) < 4.78 is 1.69. The topological polar surface area (TPSA) is 67.2 Å². The maximum Gasteiger partial charge on any atom is 0.244 e. The summed E-state index contributed by atoms with van der Waals surface area (Å²) in [6.07, 6.45) is 10.4. The van der Waals surface area contributed by atoms with Gasteiger partial charge in [-0.25, -0.2) is 4.68 Å². The molecule has 35 heavy (non-hydrogen) atoms. The predicted molar refractivity (Wildman–Crippen MR) is 139 cm³/mol. The highest BCUT2D eigenvalue weighted by molar-refractivity contribution is 6.37. The molecule has 2 aliphatic rings. The molecule has 8 heteroatoms. The van der Waals surface area contributed by atoms with E-state index in [1.807, 2.05) is 41.3 Å². The van der Waals surface area contributed by atoms with Crippen molar-refractivity contribution in [1.29, 1.82) is 0 Å². The summed E-state index contributed by atoms with van der Waals surface area (Å²) in [5.74, 6) is 0.340. The molecule has 1 amide bonds. The van der Waals surface area contributed by atoms with Crippen molar-refractivity contribution in [3.05, 3.63) is 65.4 Å². The molecule has 0 radical (unpaired) electrons. The van der Waals surface area contributed by atoms with Gasteiger partial charge in [0.25, 0.3) is 0 Å². The van der Waals surface area contributed by atoms with Crippen LogP contribution in [-0.2, 0) is 11.3 Å². The second kappa shape index (κ2) is 9.91. The normalized spacial score (nSPS) is 20.8. The third-order valence-corrected chi connectivity index (χ3v) is 7.60. The third-order valence-electron chi connectivity index (χ3n) is 7.23. The van der Waals surface area contributed by atoms with Gasteiger partial charge in [0.2, 0.25) is 5.91 Å². The van der Waals surface area contributed by atoms with Crippen LogP contribution >= 0.6 is 11.6 Å². The lowest BCUT2D eigenvalue weighted by atomic mass is 9.86. The Morgan fingerprint density at radius 1 is 1.09 bits per heavy atom. The van der Waals surface area contributed by atoms with Crippen molar-refractivity contribution in [1.82, 2.24) is 29.8 Å². The van der Waals surface area contributed by atoms with Gasteiger partial charge in [0.15, 0.2) is 5.65 Å². The van der Waals surface area contributed by atoms with E-state index in [1.165, 1.54) is 0 Å². The van der Waals surface area contributed by atoms with Gasteiger partial charge in [0, 0.05) is 30.6 Å². The van der Waals surface area contributed by atoms with Gasteiger partial charge >= 0.3 is 0 Å². The van der Waals surface area contributed by atoms with E-state index in [1.54, 1.807) is 4.68 Å². The number of carbonyl (C=O) groups is 1. The van der Waals surface area contributed by atoms with Gasteiger partial charge in [0.05, 0.1) is 16.1 Å². The van der Waals surface area contributed by atoms with Crippen LogP contribution < -0.4 is 0 Å². The summed E-state index contributed by atoms with van der Waals surface area (Å²) >= 11 is 6.99. The quantitative estimate of drug-likeness (QED) is 0.525. The molecule has 1 aliphatic heterocycles. The van der Waals surface area contributed by atoms with Crippen molar-refractivity contribution in [2.24, 2.45) is 5.92 Å². The lowest BCUT2D eigenvalue weighted by Gasteiger charge is -2.35. The van der Waals surface area contributed by atoms with Gasteiger partial charge in [-0.3, -0.25) is 4.79 Å². The molecular weight excluding hydrogens is 460 g/mol. The number of benzene rings is 1. The van der Waals surface area contributed by atoms with Crippen LogP contribution in [0.15, 0.2) is 54.6 Å². The Bertz CT molecular complexity index is 1270. The SMILES string of the molecule is CC1C=CC=CC1c1nn(CC(=O)N2CCC(N(C)C)CC2)c2nnc(-c3ccccc3)c(Cl)c12. The number of piperidine rings is 1. The molecule has 1 aliphatic carbocycles. The smallest absolute Gasteiger partial charge is 0.244 e. The molecule has 5 rings (SSSR count). The first-order valence-electron chi connectivity index (χ1n) is 12.2. The van der Waals surface area contributed by atoms with Crippen molar-refractivity contribution >= 4 is 28.5 Å². The molecule has 1 saturated heterocycles. The summed E-state index contributed by atoms with van der Waals surface area (Å²) in [5.41, 5.74) is 2.92. The molecule has 0 saturated carbocycles. The van der Waals surface area contributed by atoms with E-state index in [4.69, 9.17) is 16.7 Å². The Hall–Kier alpha value is -3.03. The van der Waals surface area contributed by atoms with Gasteiger partial charge in [-0.05, 0) is 32.9 Å². The van der Waals surface area contributed by atoms with Crippen molar-refractivity contribution < 1.29 is 4.79 Å². The molecule has 2 atom stereocenters. The standard InChI is InChI=1S/C27H31ClN6O/c1-18-9-7-8-12-21(18)26-23-24(28)25(19-10-5-4-6-11-19)29-30-27(23)34(31-26)17-22(35)33-15-13-20(14-16-33)32(2)3/h4-12,18,20-21H,13-17H2,1-3H3. The Morgan fingerprint density at radius 2 is 1.80 bits per heavy atom. The first-order valence-corrected chi connectivity index (χ1v) is 12.6. The van der Waals surface area contributed by atoms with Crippen LogP contribution in [0.4, 0.5) is 0 Å². The summed E-state index contributed by atoms with van der Waals surface area (Å²) in [5, 5.41) is 15.2. The molecule has 7 nitrogen and oxygen atoms in total. The van der Waals surface area contributed by atoms with Crippen LogP contribution in [0.3, 0.4) is 0 Å². The number of halogens is 1. The molecule has 1 fully saturated rings. The first-order chi connectivity index (χ1) is 16.9. The Kier molecular flexibility index (Phi) is 6.71. The van der Waals surface area contributed by atoms with Gasteiger partial charge in [-0.2, -0.15) is 5.10 Å². The summed E-state index contributed by atoms with van der Waals surface area (Å²) in [6, 6.07) is 10.3. The molecule has 2 aromatic heterocycles. The average Bonchev–Trinajstić information content (AvgIpc) is 3.24. The fraction of sp³-hybridized carbons (Fsp3) is 0.407. The molecule has 0 N–H and O–H groups in total. The number of fused-ring (bicyclic) bond motifs is 1. The molecular formula is C27H31ClN6O. The number of hydrogen-bond acceptors (Lipinski definition) is 5. The second-order valence-electron chi connectivity index (χ2n) is 9.70. The number of likely N-dealkylation sites (tertiary alicyclic amines) is 1. The Labute approximate surface area is 211 Å². The van der Waals surface area contributed by atoms with Crippen molar-refractivity contribution in [2.45, 2.75) is 38.3 Å². The van der Waals surface area contributed by atoms with Crippen LogP contribution in [0.2, 0.25) is 5.02 Å². The summed E-state index contributed by atoms with van der Waals surface area (Å²) in [6.45, 7) is 3.80. The van der Waals surface area contributed by atoms with Crippen LogP contribution in [-0.4, -0.2) is 68.9 Å². The summed E-state index contributed by atoms with van der Waals surface area (Å²) in [7, 11) is 4.20. The first kappa shape index (κ1) is 23.7. The van der Waals surface area contributed by atoms with Crippen molar-refractivity contribution in [3.63, 3.8) is 0 Å². The van der Waals surface area contributed by atoms with E-state index < -0.39 is 0 Å². The van der Waals surface area contributed by atoms with Crippen LogP contribution in [0.5, 0.6) is 0 Å². The highest BCUT2D eigenvalue weighted by Crippen LogP contribution is 2.39. The number of hydrogen-bond donors (Lipinski definition) is 0. The van der Waals surface area contributed by atoms with E-state index in [2.05, 4.69) is 54.3 Å².